The van der Waals surface area contributed by atoms with Gasteiger partial charge in [-0.05, 0) is 49.7 Å². The number of anilines is 1. The van der Waals surface area contributed by atoms with Crippen molar-refractivity contribution < 1.29 is 22.3 Å². The zero-order chi connectivity index (χ0) is 26.7. The van der Waals surface area contributed by atoms with Crippen LogP contribution in [0.2, 0.25) is 0 Å². The fourth-order valence-electron chi connectivity index (χ4n) is 3.86. The lowest BCUT2D eigenvalue weighted by atomic mass is 10.0. The van der Waals surface area contributed by atoms with Crippen LogP contribution in [0.3, 0.4) is 0 Å². The van der Waals surface area contributed by atoms with E-state index in [0.29, 0.717) is 34.3 Å². The van der Waals surface area contributed by atoms with E-state index in [-0.39, 0.29) is 5.95 Å². The summed E-state index contributed by atoms with van der Waals surface area (Å²) < 4.78 is 55.6. The molecule has 37 heavy (non-hydrogen) atoms. The van der Waals surface area contributed by atoms with Crippen molar-refractivity contribution in [1.82, 2.24) is 24.7 Å². The predicted octanol–water partition coefficient (Wildman–Crippen LogP) is 4.12. The number of halogens is 1. The summed E-state index contributed by atoms with van der Waals surface area (Å²) in [4.78, 5) is 8.28. The van der Waals surface area contributed by atoms with Gasteiger partial charge >= 0.3 is 0 Å². The minimum atomic E-state index is -4.02. The Labute approximate surface area is 214 Å². The monoisotopic (exact) mass is 526 g/mol. The van der Waals surface area contributed by atoms with Crippen molar-refractivity contribution in [1.29, 1.82) is 0 Å². The van der Waals surface area contributed by atoms with Gasteiger partial charge < -0.3 is 9.47 Å². The van der Waals surface area contributed by atoms with Crippen LogP contribution in [0.5, 0.6) is 11.5 Å². The van der Waals surface area contributed by atoms with Gasteiger partial charge in [0.1, 0.15) is 23.0 Å². The zero-order valence-corrected chi connectivity index (χ0v) is 21.8. The first-order chi connectivity index (χ1) is 17.7. The Morgan fingerprint density at radius 1 is 1.00 bits per heavy atom. The van der Waals surface area contributed by atoms with Crippen LogP contribution in [-0.4, -0.2) is 52.6 Å². The minimum absolute atomic E-state index is 0.0644. The Morgan fingerprint density at radius 3 is 2.30 bits per heavy atom. The highest BCUT2D eigenvalue weighted by Gasteiger charge is 2.32. The van der Waals surface area contributed by atoms with Crippen LogP contribution in [0, 0.1) is 12.7 Å². The molecule has 10 nitrogen and oxygen atoms in total. The molecular weight excluding hydrogens is 499 g/mol. The number of aryl methyl sites for hydroxylation is 1. The van der Waals surface area contributed by atoms with E-state index in [1.807, 2.05) is 13.0 Å². The van der Waals surface area contributed by atoms with Gasteiger partial charge in [0.25, 0.3) is 0 Å². The molecule has 4 aromatic rings. The van der Waals surface area contributed by atoms with Gasteiger partial charge in [-0.2, -0.15) is 0 Å². The maximum absolute atomic E-state index is 13.5. The van der Waals surface area contributed by atoms with Crippen LogP contribution in [0.25, 0.3) is 17.1 Å². The van der Waals surface area contributed by atoms with Crippen molar-refractivity contribution in [2.45, 2.75) is 31.9 Å². The van der Waals surface area contributed by atoms with Gasteiger partial charge in [0.05, 0.1) is 25.7 Å². The molecule has 3 heterocycles. The maximum atomic E-state index is 13.5. The highest BCUT2D eigenvalue weighted by Crippen LogP contribution is 2.38. The third kappa shape index (κ3) is 5.24. The van der Waals surface area contributed by atoms with Gasteiger partial charge in [0.2, 0.25) is 16.0 Å². The summed E-state index contributed by atoms with van der Waals surface area (Å²) in [5, 5.41) is 7.53. The highest BCUT2D eigenvalue weighted by molar-refractivity contribution is 7.93. The van der Waals surface area contributed by atoms with E-state index in [9.17, 15) is 12.8 Å². The number of rotatable bonds is 9. The van der Waals surface area contributed by atoms with Crippen molar-refractivity contribution in [3.05, 3.63) is 72.1 Å². The van der Waals surface area contributed by atoms with E-state index in [0.717, 1.165) is 11.8 Å². The molecule has 0 saturated heterocycles. The number of pyridine rings is 2. The molecule has 0 spiro atoms. The molecule has 0 aliphatic rings. The molecule has 1 N–H and O–H groups in total. The van der Waals surface area contributed by atoms with Crippen LogP contribution in [0.1, 0.15) is 31.0 Å². The second kappa shape index (κ2) is 10.5. The van der Waals surface area contributed by atoms with Crippen LogP contribution in [0.15, 0.2) is 55.0 Å². The molecule has 4 rings (SSSR count). The number of nitrogens with one attached hydrogen (secondary N) is 1. The number of methoxy groups -OCH3 is 2. The molecule has 0 unspecified atom stereocenters. The van der Waals surface area contributed by atoms with Gasteiger partial charge in [-0.15, -0.1) is 10.2 Å². The first-order valence-corrected chi connectivity index (χ1v) is 12.9. The average molecular weight is 527 g/mol. The largest absolute Gasteiger partial charge is 0.494 e. The molecular formula is C25H27FN6O4S. The molecule has 3 aromatic heterocycles. The number of nitrogens with zero attached hydrogens (tertiary/aromatic N) is 5. The molecule has 12 heteroatoms. The lowest BCUT2D eigenvalue weighted by Gasteiger charge is -2.22. The van der Waals surface area contributed by atoms with Crippen molar-refractivity contribution >= 4 is 16.0 Å². The van der Waals surface area contributed by atoms with E-state index in [4.69, 9.17) is 9.47 Å². The third-order valence-electron chi connectivity index (χ3n) is 6.07. The van der Waals surface area contributed by atoms with E-state index in [1.165, 1.54) is 30.9 Å². The molecule has 0 radical (unpaired) electrons. The summed E-state index contributed by atoms with van der Waals surface area (Å²) in [6.45, 7) is 5.15. The number of benzene rings is 1. The third-order valence-corrected chi connectivity index (χ3v) is 7.92. The summed E-state index contributed by atoms with van der Waals surface area (Å²) in [7, 11) is -1.02. The minimum Gasteiger partial charge on any atom is -0.494 e. The summed E-state index contributed by atoms with van der Waals surface area (Å²) in [6, 6.07) is 9.77. The fraction of sp³-hybridized carbons (Fsp3) is 0.280. The normalized spacial score (nSPS) is 13.1. The van der Waals surface area contributed by atoms with E-state index >= 15 is 0 Å². The van der Waals surface area contributed by atoms with Crippen LogP contribution in [0.4, 0.5) is 10.3 Å². The van der Waals surface area contributed by atoms with Gasteiger partial charge in [-0.1, -0.05) is 13.0 Å². The topological polar surface area (TPSA) is 121 Å². The Kier molecular flexibility index (Phi) is 7.39. The molecule has 0 fully saturated rings. The van der Waals surface area contributed by atoms with Gasteiger partial charge in [0, 0.05) is 29.6 Å². The Morgan fingerprint density at radius 2 is 1.70 bits per heavy atom. The van der Waals surface area contributed by atoms with Crippen LogP contribution in [-0.2, 0) is 10.0 Å². The number of sulfonamides is 1. The quantitative estimate of drug-likeness (QED) is 0.346. The van der Waals surface area contributed by atoms with Gasteiger partial charge in [0.15, 0.2) is 5.82 Å². The van der Waals surface area contributed by atoms with Crippen LogP contribution < -0.4 is 14.2 Å². The van der Waals surface area contributed by atoms with E-state index < -0.39 is 27.0 Å². The molecule has 0 saturated carbocycles. The summed E-state index contributed by atoms with van der Waals surface area (Å²) in [6.07, 6.45) is 4.37. The molecule has 0 amide bonds. The lowest BCUT2D eigenvalue weighted by Crippen LogP contribution is -2.31. The molecule has 1 aromatic carbocycles. The lowest BCUT2D eigenvalue weighted by molar-refractivity contribution is 0.391. The van der Waals surface area contributed by atoms with Gasteiger partial charge in [-0.3, -0.25) is 19.3 Å². The molecule has 0 aliphatic heterocycles. The van der Waals surface area contributed by atoms with Crippen molar-refractivity contribution in [3.8, 4) is 28.6 Å². The summed E-state index contributed by atoms with van der Waals surface area (Å²) >= 11 is 0. The molecule has 2 atom stereocenters. The highest BCUT2D eigenvalue weighted by atomic mass is 32.2. The van der Waals surface area contributed by atoms with Gasteiger partial charge in [-0.25, -0.2) is 12.8 Å². The van der Waals surface area contributed by atoms with Crippen molar-refractivity contribution in [2.75, 3.05) is 18.9 Å². The Hall–Kier alpha value is -4.06. The standard InChI is InChI=1S/C25H27FN6O4S/c1-15-11-18(13-27-12-15)24-29-30-25(32(24)23-21(35-4)7-6-8-22(23)36-5)31-37(33,34)17(3)16(2)20-10-9-19(26)14-28-20/h6-14,16-17H,1-5H3,(H,30,31)/t16-,17+/m0/s1. The van der Waals surface area contributed by atoms with Crippen molar-refractivity contribution in [3.63, 3.8) is 0 Å². The first kappa shape index (κ1) is 26.0. The van der Waals surface area contributed by atoms with Crippen molar-refractivity contribution in [2.24, 2.45) is 0 Å². The van der Waals surface area contributed by atoms with Crippen LogP contribution >= 0.6 is 0 Å². The van der Waals surface area contributed by atoms with E-state index in [2.05, 4.69) is 24.9 Å². The summed E-state index contributed by atoms with van der Waals surface area (Å²) in [5.41, 5.74) is 2.35. The number of hydrogen-bond acceptors (Lipinski definition) is 8. The number of aromatic nitrogens is 5. The number of ether oxygens (including phenoxy) is 2. The second-order valence-corrected chi connectivity index (χ2v) is 10.5. The Bertz CT molecular complexity index is 1490. The molecule has 0 bridgehead atoms. The molecule has 194 valence electrons. The smallest absolute Gasteiger partial charge is 0.243 e. The maximum Gasteiger partial charge on any atom is 0.243 e. The second-order valence-electron chi connectivity index (χ2n) is 8.49. The SMILES string of the molecule is COc1cccc(OC)c1-n1c(NS(=O)(=O)[C@H](C)[C@H](C)c2ccc(F)cn2)nnc1-c1cncc(C)c1. The number of hydrogen-bond donors (Lipinski definition) is 1. The Balaban J connectivity index is 1.83. The number of para-hydroxylation sites is 1. The summed E-state index contributed by atoms with van der Waals surface area (Å²) in [5.74, 6) is 0.0529. The average Bonchev–Trinajstić information content (AvgIpc) is 3.29. The molecule has 0 aliphatic carbocycles. The van der Waals surface area contributed by atoms with E-state index in [1.54, 1.807) is 44.4 Å². The first-order valence-electron chi connectivity index (χ1n) is 11.4. The predicted molar refractivity (Wildman–Crippen MR) is 137 cm³/mol. The fourth-order valence-corrected chi connectivity index (χ4v) is 5.11. The zero-order valence-electron chi connectivity index (χ0n) is 21.0.